The molecule has 16 heterocycles. The lowest BCUT2D eigenvalue weighted by Crippen LogP contribution is -2.48. The molecule has 0 saturated carbocycles. The lowest BCUT2D eigenvalue weighted by molar-refractivity contribution is -0.192. The van der Waals surface area contributed by atoms with E-state index in [-0.39, 0.29) is 116 Å². The van der Waals surface area contributed by atoms with Gasteiger partial charge in [-0.3, -0.25) is 38.4 Å². The minimum absolute atomic E-state index is 0.0207. The number of phenolic OH excluding ortho intramolecular Hbond substituents is 4. The van der Waals surface area contributed by atoms with Crippen LogP contribution in [0.4, 0.5) is 0 Å². The molecule has 12 aromatic rings. The van der Waals surface area contributed by atoms with Crippen molar-refractivity contribution < 1.29 is 96.7 Å². The first-order chi connectivity index (χ1) is 65.5. The highest BCUT2D eigenvalue weighted by Gasteiger charge is 2.56. The minimum Gasteiger partial charge on any atom is -0.508 e. The van der Waals surface area contributed by atoms with E-state index < -0.39 is 82.0 Å². The van der Waals surface area contributed by atoms with Crippen LogP contribution in [0.15, 0.2) is 116 Å². The molecule has 5 atom stereocenters. The van der Waals surface area contributed by atoms with Gasteiger partial charge in [0.2, 0.25) is 22.4 Å². The van der Waals surface area contributed by atoms with Crippen LogP contribution in [0, 0.1) is 17.8 Å². The Hall–Kier alpha value is -14.7. The van der Waals surface area contributed by atoms with E-state index in [4.69, 9.17) is 57.8 Å². The second-order valence-corrected chi connectivity index (χ2v) is 36.3. The molecule has 4 aromatic carbocycles. The quantitative estimate of drug-likeness (QED) is 0.0458. The first-order valence-electron chi connectivity index (χ1n) is 46.8. The van der Waals surface area contributed by atoms with E-state index in [0.717, 1.165) is 66.1 Å². The highest BCUT2D eigenvalue weighted by Crippen LogP contribution is 2.50. The fraction of sp³-hybridized carbons (Fsp3) is 0.390. The van der Waals surface area contributed by atoms with E-state index >= 15 is 0 Å². The second-order valence-electron chi connectivity index (χ2n) is 36.3. The zero-order chi connectivity index (χ0) is 98.0. The molecule has 32 nitrogen and oxygen atoms in total. The van der Waals surface area contributed by atoms with Gasteiger partial charge in [0.05, 0.1) is 128 Å². The van der Waals surface area contributed by atoms with Crippen molar-refractivity contribution in [1.82, 2.24) is 38.2 Å². The number of aryl methyl sites for hydroxylation is 4. The molecule has 0 bridgehead atoms. The second kappa shape index (κ2) is 35.8. The lowest BCUT2D eigenvalue weighted by atomic mass is 9.85. The summed E-state index contributed by atoms with van der Waals surface area (Å²) in [6, 6.07) is 27.2. The maximum Gasteiger partial charge on any atom is 0.355 e. The summed E-state index contributed by atoms with van der Waals surface area (Å²) in [7, 11) is 0. The fourth-order valence-corrected chi connectivity index (χ4v) is 20.4. The Morgan fingerprint density at radius 3 is 0.839 bits per heavy atom. The van der Waals surface area contributed by atoms with Crippen LogP contribution < -0.4 is 22.2 Å². The first-order valence-corrected chi connectivity index (χ1v) is 46.8. The van der Waals surface area contributed by atoms with Crippen molar-refractivity contribution in [2.45, 2.75) is 249 Å². The molecule has 8 aromatic heterocycles. The summed E-state index contributed by atoms with van der Waals surface area (Å²) >= 11 is 0. The summed E-state index contributed by atoms with van der Waals surface area (Å²) in [5.74, 6) is -4.99. The standard InChI is InChI=1S/C28H30N2O6.2C26H26N2O6.C25H24N2O6/c1-6-17-18-10-16(31)8-9-22(18)29-24-19(17)12-30-23(24)11-21-20(25(30)32)13-35-27(34)28(21,7-2)36-26(33)15(5)14(3)4;1-5-15-16-9-14(29)7-8-20(16)27-22-17(15)11-28-21(22)10-19-18(23(28)30)12-33-25(32)26(19,6-2)34-24(31)13(3)4;1-4-7-22(30)34-26(6-3)19-11-21-23-17(12-28(21)24(31)18(19)13-33-25(26)32)15(5-2)16-10-14(29)8-9-20(16)27-23;1-4-14-15-9-13(28)7-8-19(15)26-22-16(14)11-27-20(22)10-18-17(23(27)30)12-32-24(31)25(18,6-3)33-21(29)5-2/h8-11,14-15,31H,6-7,12-13H2,1-5H3;7-10,13,29H,5-6,11-12H2,1-4H3;8-11,29H,4-7,12-13H2,1-3H3;7-10,28H,4-6,11-12H2,1-3H3/t15?,28-;2*26-;25-/m0000/s1. The predicted molar refractivity (Wildman–Crippen MR) is 502 cm³/mol. The third-order valence-electron chi connectivity index (χ3n) is 28.2. The lowest BCUT2D eigenvalue weighted by Gasteiger charge is -2.36. The smallest absolute Gasteiger partial charge is 0.355 e. The predicted octanol–water partition coefficient (Wildman–Crippen LogP) is 14.8. The number of nitrogens with zero attached hydrogens (tertiary/aromatic N) is 8. The van der Waals surface area contributed by atoms with Crippen molar-refractivity contribution in [1.29, 1.82) is 0 Å². The van der Waals surface area contributed by atoms with E-state index in [2.05, 4.69) is 0 Å². The van der Waals surface area contributed by atoms with Gasteiger partial charge in [-0.25, -0.2) is 39.1 Å². The van der Waals surface area contributed by atoms with E-state index in [1.54, 1.807) is 171 Å². The molecule has 0 spiro atoms. The molecular weight excluding hydrogens is 1760 g/mol. The van der Waals surface area contributed by atoms with E-state index in [1.165, 1.54) is 0 Å². The van der Waals surface area contributed by atoms with Crippen molar-refractivity contribution in [2.24, 2.45) is 17.8 Å². The number of aromatic nitrogens is 8. The summed E-state index contributed by atoms with van der Waals surface area (Å²) in [5.41, 5.74) is 10.5. The zero-order valence-corrected chi connectivity index (χ0v) is 78.9. The van der Waals surface area contributed by atoms with Gasteiger partial charge < -0.3 is 76.6 Å². The molecule has 4 N–H and O–H groups in total. The molecule has 137 heavy (non-hydrogen) atoms. The molecule has 710 valence electrons. The zero-order valence-electron chi connectivity index (χ0n) is 78.9. The van der Waals surface area contributed by atoms with Crippen LogP contribution in [-0.2, 0) is 177 Å². The highest BCUT2D eigenvalue weighted by molar-refractivity contribution is 5.97. The van der Waals surface area contributed by atoms with Gasteiger partial charge in [0, 0.05) is 78.9 Å². The van der Waals surface area contributed by atoms with Crippen LogP contribution in [0.5, 0.6) is 23.0 Å². The third-order valence-corrected chi connectivity index (χ3v) is 28.2. The van der Waals surface area contributed by atoms with Crippen LogP contribution in [0.1, 0.15) is 238 Å². The Balaban J connectivity index is 0.000000127. The molecular formula is C105H106N8O24. The van der Waals surface area contributed by atoms with Gasteiger partial charge in [-0.1, -0.05) is 104 Å². The number of esters is 8. The Bertz CT molecular complexity index is 7510. The monoisotopic (exact) mass is 1860 g/mol. The molecule has 0 radical (unpaired) electrons. The van der Waals surface area contributed by atoms with E-state index in [1.807, 2.05) is 48.5 Å². The molecule has 0 fully saturated rings. The average Bonchev–Trinajstić information content (AvgIpc) is 1.52. The molecule has 8 aliphatic heterocycles. The summed E-state index contributed by atoms with van der Waals surface area (Å²) < 4.78 is 51.0. The molecule has 0 amide bonds. The van der Waals surface area contributed by atoms with E-state index in [0.29, 0.717) is 170 Å². The third kappa shape index (κ3) is 15.1. The van der Waals surface area contributed by atoms with Crippen LogP contribution in [0.25, 0.3) is 89.2 Å². The number of benzene rings is 4. The SMILES string of the molecule is CCC(=O)O[C@]1(CC)C(=O)OCc2c1cc1n(c2=O)Cc2c-1nc1ccc(O)cc1c2CC.CCCC(=O)O[C@]1(CC)C(=O)OCc2c1cc1n(c2=O)Cc2c-1nc1ccc(O)cc1c2CC.CCc1c2c(nc3ccc(O)cc13)-c1cc3c(c(=O)n1C2)COC(=O)[C@@]3(CC)OC(=O)C(C)C.CCc1c2c(nc3ccc(O)cc13)-c1cc3c(c(=O)n1C2)COC(=O)[C@@]3(CC)OC(=O)C(C)C(C)C. The molecule has 0 aliphatic carbocycles. The van der Waals surface area contributed by atoms with Gasteiger partial charge in [0.1, 0.15) is 49.4 Å². The Kier molecular flexibility index (Phi) is 24.6. The Morgan fingerprint density at radius 1 is 0.350 bits per heavy atom. The van der Waals surface area contributed by atoms with Gasteiger partial charge >= 0.3 is 47.8 Å². The van der Waals surface area contributed by atoms with Crippen molar-refractivity contribution in [3.63, 3.8) is 0 Å². The largest absolute Gasteiger partial charge is 0.508 e. The molecule has 32 heteroatoms. The number of hydrogen-bond acceptors (Lipinski definition) is 28. The summed E-state index contributed by atoms with van der Waals surface area (Å²) in [6.07, 6.45) is 4.18. The van der Waals surface area contributed by atoms with Crippen molar-refractivity contribution in [3.05, 3.63) is 227 Å². The maximum absolute atomic E-state index is 13.7. The van der Waals surface area contributed by atoms with Gasteiger partial charge in [-0.2, -0.15) is 0 Å². The van der Waals surface area contributed by atoms with Gasteiger partial charge in [0.25, 0.3) is 22.2 Å². The number of phenols is 4. The number of aromatic hydroxyl groups is 4. The number of ether oxygens (including phenoxy) is 8. The maximum atomic E-state index is 13.7. The van der Waals surface area contributed by atoms with Gasteiger partial charge in [-0.15, -0.1) is 0 Å². The summed E-state index contributed by atoms with van der Waals surface area (Å²) in [5, 5.41) is 43.4. The topological polar surface area (TPSA) is 431 Å². The fourth-order valence-electron chi connectivity index (χ4n) is 20.4. The number of carbonyl (C=O) groups excluding carboxylic acids is 8. The van der Waals surface area contributed by atoms with E-state index in [9.17, 15) is 78.0 Å². The Labute approximate surface area is 785 Å². The van der Waals surface area contributed by atoms with Gasteiger partial charge in [-0.05, 0) is 183 Å². The molecule has 1 unspecified atom stereocenters. The number of rotatable bonds is 18. The molecule has 0 saturated heterocycles. The summed E-state index contributed by atoms with van der Waals surface area (Å²) in [4.78, 5) is 176. The number of fused-ring (bicyclic) bond motifs is 20. The first kappa shape index (κ1) is 94.1. The Morgan fingerprint density at radius 2 is 0.606 bits per heavy atom. The van der Waals surface area contributed by atoms with Crippen molar-refractivity contribution >= 4 is 91.4 Å². The minimum atomic E-state index is -1.69. The highest BCUT2D eigenvalue weighted by atomic mass is 16.6. The number of pyridine rings is 8. The van der Waals surface area contributed by atoms with Crippen LogP contribution >= 0.6 is 0 Å². The number of cyclic esters (lactones) is 4. The summed E-state index contributed by atoms with van der Waals surface area (Å²) in [6.45, 7) is 28.2. The molecule has 20 rings (SSSR count). The number of hydrogen-bond donors (Lipinski definition) is 4. The number of carbonyl (C=O) groups is 8. The van der Waals surface area contributed by atoms with Crippen LogP contribution in [0.3, 0.4) is 0 Å². The van der Waals surface area contributed by atoms with Gasteiger partial charge in [0.15, 0.2) is 0 Å². The van der Waals surface area contributed by atoms with Crippen LogP contribution in [0.2, 0.25) is 0 Å². The molecule has 8 aliphatic rings. The van der Waals surface area contributed by atoms with Crippen LogP contribution in [-0.4, -0.2) is 106 Å². The normalized spacial score (nSPS) is 18.5. The van der Waals surface area contributed by atoms with Crippen molar-refractivity contribution in [3.8, 4) is 68.5 Å². The van der Waals surface area contributed by atoms with Crippen molar-refractivity contribution in [2.75, 3.05) is 0 Å². The average molecular weight is 1860 g/mol.